The number of aromatic nitrogens is 1. The third-order valence-corrected chi connectivity index (χ3v) is 2.63. The Kier molecular flexibility index (Phi) is 2.54. The van der Waals surface area contributed by atoms with E-state index in [1.165, 1.54) is 5.56 Å². The lowest BCUT2D eigenvalue weighted by atomic mass is 10.1. The number of fused-ring (bicyclic) bond motifs is 1. The zero-order valence-electron chi connectivity index (χ0n) is 9.28. The van der Waals surface area contributed by atoms with Crippen LogP contribution in [0.15, 0.2) is 24.4 Å². The molecule has 3 heteroatoms. The Morgan fingerprint density at radius 3 is 2.67 bits per heavy atom. The highest BCUT2D eigenvalue weighted by molar-refractivity contribution is 5.89. The maximum Gasteiger partial charge on any atom is 0.128 e. The third kappa shape index (κ3) is 1.44. The van der Waals surface area contributed by atoms with Gasteiger partial charge in [0.2, 0.25) is 0 Å². The molecule has 80 valence electrons. The first-order valence-corrected chi connectivity index (χ1v) is 5.03. The highest BCUT2D eigenvalue weighted by atomic mass is 16.6. The molecule has 1 heterocycles. The predicted molar refractivity (Wildman–Crippen MR) is 60.4 cm³/mol. The minimum Gasteiger partial charge on any atom is -0.496 e. The third-order valence-electron chi connectivity index (χ3n) is 2.63. The molecule has 0 saturated heterocycles. The Labute approximate surface area is 89.2 Å². The molecular weight excluding hydrogens is 190 g/mol. The van der Waals surface area contributed by atoms with Crippen LogP contribution in [0.4, 0.5) is 0 Å². The van der Waals surface area contributed by atoms with Crippen molar-refractivity contribution >= 4 is 10.9 Å². The van der Waals surface area contributed by atoms with Crippen molar-refractivity contribution in [1.29, 1.82) is 0 Å². The Morgan fingerprint density at radius 2 is 2.07 bits per heavy atom. The molecule has 3 nitrogen and oxygen atoms in total. The topological polar surface area (TPSA) is 23.4 Å². The number of hydrogen-bond donors (Lipinski definition) is 0. The number of methoxy groups -OCH3 is 1. The number of benzene rings is 1. The van der Waals surface area contributed by atoms with Crippen molar-refractivity contribution < 1.29 is 9.57 Å². The van der Waals surface area contributed by atoms with Gasteiger partial charge in [-0.15, -0.1) is 0 Å². The van der Waals surface area contributed by atoms with E-state index < -0.39 is 0 Å². The molecule has 0 aliphatic heterocycles. The Bertz CT molecular complexity index is 474. The van der Waals surface area contributed by atoms with Crippen LogP contribution >= 0.6 is 0 Å². The molecule has 0 unspecified atom stereocenters. The summed E-state index contributed by atoms with van der Waals surface area (Å²) in [5.74, 6) is 0.903. The molecular formula is C12H15NO2. The van der Waals surface area contributed by atoms with Crippen molar-refractivity contribution in [2.45, 2.75) is 13.3 Å². The summed E-state index contributed by atoms with van der Waals surface area (Å²) in [7, 11) is 3.36. The molecule has 15 heavy (non-hydrogen) atoms. The number of rotatable bonds is 3. The summed E-state index contributed by atoms with van der Waals surface area (Å²) < 4.78 is 7.13. The van der Waals surface area contributed by atoms with Gasteiger partial charge in [-0.1, -0.05) is 13.0 Å². The number of ether oxygens (including phenoxy) is 1. The number of hydrogen-bond acceptors (Lipinski definition) is 2. The second-order valence-corrected chi connectivity index (χ2v) is 3.37. The molecule has 0 saturated carbocycles. The van der Waals surface area contributed by atoms with Gasteiger partial charge in [0, 0.05) is 11.6 Å². The molecule has 0 aliphatic rings. The normalized spacial score (nSPS) is 10.6. The van der Waals surface area contributed by atoms with E-state index in [4.69, 9.17) is 9.57 Å². The predicted octanol–water partition coefficient (Wildman–Crippen LogP) is 2.27. The van der Waals surface area contributed by atoms with Crippen LogP contribution in [0.25, 0.3) is 10.9 Å². The molecule has 0 spiro atoms. The summed E-state index contributed by atoms with van der Waals surface area (Å²) in [4.78, 5) is 5.27. The van der Waals surface area contributed by atoms with Crippen molar-refractivity contribution in [3.8, 4) is 5.75 Å². The Hall–Kier alpha value is -1.64. The van der Waals surface area contributed by atoms with Crippen LogP contribution in [0.2, 0.25) is 0 Å². The SMILES string of the molecule is CCc1cn(OC)c2cccc(OC)c12. The average molecular weight is 205 g/mol. The largest absolute Gasteiger partial charge is 0.496 e. The first-order valence-electron chi connectivity index (χ1n) is 5.03. The second kappa shape index (κ2) is 3.85. The molecule has 0 N–H and O–H groups in total. The van der Waals surface area contributed by atoms with E-state index in [0.717, 1.165) is 23.1 Å². The summed E-state index contributed by atoms with van der Waals surface area (Å²) in [5.41, 5.74) is 2.29. The fraction of sp³-hybridized carbons (Fsp3) is 0.333. The van der Waals surface area contributed by atoms with Crippen LogP contribution in [0, 0.1) is 0 Å². The quantitative estimate of drug-likeness (QED) is 0.767. The summed E-state index contributed by atoms with van der Waals surface area (Å²) in [5, 5.41) is 1.14. The van der Waals surface area contributed by atoms with Crippen molar-refractivity contribution in [3.63, 3.8) is 0 Å². The maximum atomic E-state index is 5.36. The molecule has 0 atom stereocenters. The summed E-state index contributed by atoms with van der Waals surface area (Å²) in [6.07, 6.45) is 2.97. The van der Waals surface area contributed by atoms with Crippen molar-refractivity contribution in [2.75, 3.05) is 14.2 Å². The van der Waals surface area contributed by atoms with Gasteiger partial charge in [-0.05, 0) is 24.1 Å². The summed E-state index contributed by atoms with van der Waals surface area (Å²) in [6, 6.07) is 5.97. The van der Waals surface area contributed by atoms with Gasteiger partial charge in [0.1, 0.15) is 12.9 Å². The molecule has 0 amide bonds. The first kappa shape index (κ1) is 9.90. The van der Waals surface area contributed by atoms with E-state index in [-0.39, 0.29) is 0 Å². The number of aryl methyl sites for hydroxylation is 1. The minimum absolute atomic E-state index is 0.903. The molecule has 2 rings (SSSR count). The molecule has 0 radical (unpaired) electrons. The maximum absolute atomic E-state index is 5.36. The molecule has 1 aromatic carbocycles. The van der Waals surface area contributed by atoms with Gasteiger partial charge in [-0.2, -0.15) is 4.73 Å². The van der Waals surface area contributed by atoms with Crippen LogP contribution in [-0.4, -0.2) is 19.0 Å². The fourth-order valence-electron chi connectivity index (χ4n) is 1.89. The lowest BCUT2D eigenvalue weighted by Crippen LogP contribution is -2.02. The van der Waals surface area contributed by atoms with Gasteiger partial charge in [0.05, 0.1) is 12.6 Å². The van der Waals surface area contributed by atoms with E-state index in [0.29, 0.717) is 0 Å². The average Bonchev–Trinajstić information content (AvgIpc) is 2.66. The van der Waals surface area contributed by atoms with Crippen molar-refractivity contribution in [2.24, 2.45) is 0 Å². The Morgan fingerprint density at radius 1 is 1.27 bits per heavy atom. The van der Waals surface area contributed by atoms with Gasteiger partial charge in [0.15, 0.2) is 0 Å². The zero-order valence-corrected chi connectivity index (χ0v) is 9.28. The van der Waals surface area contributed by atoms with Crippen molar-refractivity contribution in [1.82, 2.24) is 4.73 Å². The van der Waals surface area contributed by atoms with E-state index in [9.17, 15) is 0 Å². The van der Waals surface area contributed by atoms with Gasteiger partial charge in [0.25, 0.3) is 0 Å². The van der Waals surface area contributed by atoms with Gasteiger partial charge < -0.3 is 9.57 Å². The molecule has 0 bridgehead atoms. The molecule has 2 aromatic rings. The van der Waals surface area contributed by atoms with Crippen LogP contribution < -0.4 is 9.57 Å². The first-order chi connectivity index (χ1) is 7.31. The molecule has 0 aliphatic carbocycles. The summed E-state index contributed by atoms with van der Waals surface area (Å²) in [6.45, 7) is 2.13. The van der Waals surface area contributed by atoms with Crippen LogP contribution in [0.3, 0.4) is 0 Å². The van der Waals surface area contributed by atoms with E-state index in [1.54, 1.807) is 19.0 Å². The van der Waals surface area contributed by atoms with E-state index in [2.05, 4.69) is 6.92 Å². The smallest absolute Gasteiger partial charge is 0.128 e. The van der Waals surface area contributed by atoms with Gasteiger partial charge >= 0.3 is 0 Å². The summed E-state index contributed by atoms with van der Waals surface area (Å²) >= 11 is 0. The van der Waals surface area contributed by atoms with Crippen molar-refractivity contribution in [3.05, 3.63) is 30.0 Å². The Balaban J connectivity index is 2.78. The van der Waals surface area contributed by atoms with Crippen LogP contribution in [0.5, 0.6) is 5.75 Å². The molecule has 1 aromatic heterocycles. The lowest BCUT2D eigenvalue weighted by molar-refractivity contribution is 0.179. The van der Waals surface area contributed by atoms with E-state index >= 15 is 0 Å². The second-order valence-electron chi connectivity index (χ2n) is 3.37. The molecule has 0 fully saturated rings. The van der Waals surface area contributed by atoms with Gasteiger partial charge in [-0.3, -0.25) is 0 Å². The van der Waals surface area contributed by atoms with Crippen LogP contribution in [0.1, 0.15) is 12.5 Å². The number of nitrogens with zero attached hydrogens (tertiary/aromatic N) is 1. The standard InChI is InChI=1S/C12H15NO2/c1-4-9-8-13(15-3)10-6-5-7-11(14-2)12(9)10/h5-8H,4H2,1-3H3. The monoisotopic (exact) mass is 205 g/mol. The van der Waals surface area contributed by atoms with Crippen LogP contribution in [-0.2, 0) is 6.42 Å². The van der Waals surface area contributed by atoms with E-state index in [1.807, 2.05) is 24.4 Å². The van der Waals surface area contributed by atoms with Gasteiger partial charge in [-0.25, -0.2) is 0 Å². The highest BCUT2D eigenvalue weighted by Crippen LogP contribution is 2.30. The fourth-order valence-corrected chi connectivity index (χ4v) is 1.89. The highest BCUT2D eigenvalue weighted by Gasteiger charge is 2.11. The zero-order chi connectivity index (χ0) is 10.8. The lowest BCUT2D eigenvalue weighted by Gasteiger charge is -2.04. The minimum atomic E-state index is 0.903.